The Labute approximate surface area is 316 Å². The second-order valence-electron chi connectivity index (χ2n) is 20.3. The molecule has 0 spiro atoms. The van der Waals surface area contributed by atoms with Crippen LogP contribution in [0, 0.1) is 5.41 Å². The van der Waals surface area contributed by atoms with Crippen molar-refractivity contribution in [2.75, 3.05) is 19.8 Å². The summed E-state index contributed by atoms with van der Waals surface area (Å²) in [4.78, 5) is 29.8. The van der Waals surface area contributed by atoms with Crippen molar-refractivity contribution in [2.24, 2.45) is 5.41 Å². The van der Waals surface area contributed by atoms with Crippen LogP contribution in [0.2, 0.25) is 54.4 Å². The molecule has 1 N–H and O–H groups in total. The third-order valence-electron chi connectivity index (χ3n) is 12.2. The van der Waals surface area contributed by atoms with Crippen molar-refractivity contribution in [1.82, 2.24) is 9.55 Å². The molecule has 0 bridgehead atoms. The number of hydrogen-bond donors (Lipinski definition) is 1. The molecule has 4 atom stereocenters. The molecule has 1 aromatic carbocycles. The molecular weight excluding hydrogens is 707 g/mol. The summed E-state index contributed by atoms with van der Waals surface area (Å²) in [5.41, 5.74) is 0.768. The Hall–Kier alpha value is -1.62. The maximum Gasteiger partial charge on any atom is 0.493 e. The van der Waals surface area contributed by atoms with Gasteiger partial charge in [-0.2, -0.15) is 0 Å². The fraction of sp³-hybridized carbons (Fsp3) is 0.737. The number of benzene rings is 1. The van der Waals surface area contributed by atoms with Gasteiger partial charge in [0, 0.05) is 24.8 Å². The van der Waals surface area contributed by atoms with E-state index in [4.69, 9.17) is 27.3 Å². The van der Waals surface area contributed by atoms with Gasteiger partial charge in [0.2, 0.25) is 0 Å². The monoisotopic (exact) mass is 774 g/mol. The maximum atomic E-state index is 13.8. The fourth-order valence-corrected chi connectivity index (χ4v) is 9.08. The second kappa shape index (κ2) is 14.8. The van der Waals surface area contributed by atoms with E-state index in [-0.39, 0.29) is 20.5 Å². The summed E-state index contributed by atoms with van der Waals surface area (Å²) in [6, 6.07) is 7.53. The summed E-state index contributed by atoms with van der Waals surface area (Å²) >= 11 is 0. The Bertz CT molecular complexity index is 1660. The minimum atomic E-state index is -2.45. The Kier molecular flexibility index (Phi) is 12.3. The number of nitrogens with zero attached hydrogens (tertiary/aromatic N) is 1. The zero-order valence-corrected chi connectivity index (χ0v) is 38.1. The van der Waals surface area contributed by atoms with Crippen LogP contribution in [0.4, 0.5) is 0 Å². The molecule has 2 aliphatic heterocycles. The summed E-state index contributed by atoms with van der Waals surface area (Å²) in [5, 5.41) is -0.224. The quantitative estimate of drug-likeness (QED) is 0.245. The number of nitrogens with one attached hydrogen (secondary N) is 1. The van der Waals surface area contributed by atoms with E-state index < -0.39 is 67.9 Å². The first-order chi connectivity index (χ1) is 23.5. The summed E-state index contributed by atoms with van der Waals surface area (Å²) in [6.45, 7) is 38.9. The number of rotatable bonds is 10. The van der Waals surface area contributed by atoms with Gasteiger partial charge in [0.15, 0.2) is 31.2 Å². The number of aromatic nitrogens is 2. The van der Waals surface area contributed by atoms with Gasteiger partial charge in [0.25, 0.3) is 5.56 Å². The molecule has 3 heterocycles. The normalized spacial score (nSPS) is 23.7. The zero-order chi connectivity index (χ0) is 39.5. The van der Waals surface area contributed by atoms with Gasteiger partial charge in [-0.15, -0.1) is 0 Å². The molecule has 0 radical (unpaired) electrons. The Morgan fingerprint density at radius 3 is 1.75 bits per heavy atom. The highest BCUT2D eigenvalue weighted by Gasteiger charge is 2.55. The lowest BCUT2D eigenvalue weighted by atomic mass is 9.75. The highest BCUT2D eigenvalue weighted by atomic mass is 28.4. The highest BCUT2D eigenvalue weighted by Crippen LogP contribution is 2.46. The van der Waals surface area contributed by atoms with Crippen LogP contribution in [0.5, 0.6) is 0 Å². The van der Waals surface area contributed by atoms with Crippen LogP contribution in [0.15, 0.2) is 40.1 Å². The van der Waals surface area contributed by atoms with Crippen LogP contribution in [0.3, 0.4) is 0 Å². The molecular formula is C38H67BN2O8Si3. The summed E-state index contributed by atoms with van der Waals surface area (Å²) in [7, 11) is -7.50. The third-order valence-corrected chi connectivity index (χ3v) is 25.6. The topological polar surface area (TPSA) is 110 Å². The molecule has 2 fully saturated rings. The summed E-state index contributed by atoms with van der Waals surface area (Å²) in [6.07, 6.45) is -0.908. The van der Waals surface area contributed by atoms with Gasteiger partial charge in [0.1, 0.15) is 18.3 Å². The van der Waals surface area contributed by atoms with E-state index in [0.717, 1.165) is 5.46 Å². The van der Waals surface area contributed by atoms with Crippen LogP contribution in [-0.4, -0.2) is 79.8 Å². The molecule has 52 heavy (non-hydrogen) atoms. The fourth-order valence-electron chi connectivity index (χ4n) is 5.46. The third kappa shape index (κ3) is 9.42. The van der Waals surface area contributed by atoms with Gasteiger partial charge in [0.05, 0.1) is 12.2 Å². The molecule has 0 unspecified atom stereocenters. The Morgan fingerprint density at radius 2 is 1.27 bits per heavy atom. The first-order valence-corrected chi connectivity index (χ1v) is 27.5. The van der Waals surface area contributed by atoms with Crippen molar-refractivity contribution in [3.05, 3.63) is 51.3 Å². The van der Waals surface area contributed by atoms with Crippen molar-refractivity contribution in [1.29, 1.82) is 0 Å². The van der Waals surface area contributed by atoms with E-state index in [1.807, 2.05) is 24.3 Å². The lowest BCUT2D eigenvalue weighted by Gasteiger charge is -2.44. The molecule has 4 rings (SSSR count). The van der Waals surface area contributed by atoms with Crippen molar-refractivity contribution in [3.63, 3.8) is 0 Å². The average Bonchev–Trinajstić information content (AvgIpc) is 3.29. The lowest BCUT2D eigenvalue weighted by Crippen LogP contribution is -2.55. The van der Waals surface area contributed by atoms with Crippen molar-refractivity contribution >= 4 is 37.5 Å². The summed E-state index contributed by atoms with van der Waals surface area (Å²) < 4.78 is 41.7. The summed E-state index contributed by atoms with van der Waals surface area (Å²) in [5.74, 6) is 0. The SMILES string of the molecule is CC1(C)COB(c2ccc(-c3cn([C@@H]4O[C@H](CO[Si](C)(C)C(C)(C)C)[C@@H](O[Si](C)(C)C(C)(C)C)[C@H]4O[Si](C)(C)C(C)(C)C)c(=O)[nH]c3=O)cc2)OC1. The highest BCUT2D eigenvalue weighted by molar-refractivity contribution is 6.75. The Morgan fingerprint density at radius 1 is 0.788 bits per heavy atom. The van der Waals surface area contributed by atoms with Gasteiger partial charge in [-0.25, -0.2) is 4.79 Å². The molecule has 292 valence electrons. The van der Waals surface area contributed by atoms with E-state index in [1.165, 1.54) is 4.57 Å². The first kappa shape index (κ1) is 43.1. The van der Waals surface area contributed by atoms with Crippen LogP contribution in [0.25, 0.3) is 11.1 Å². The smallest absolute Gasteiger partial charge is 0.414 e. The zero-order valence-electron chi connectivity index (χ0n) is 35.1. The number of aromatic amines is 1. The van der Waals surface area contributed by atoms with E-state index in [0.29, 0.717) is 30.9 Å². The number of ether oxygens (including phenoxy) is 1. The predicted octanol–water partition coefficient (Wildman–Crippen LogP) is 7.67. The molecule has 10 nitrogen and oxygen atoms in total. The van der Waals surface area contributed by atoms with E-state index >= 15 is 0 Å². The average molecular weight is 775 g/mol. The predicted molar refractivity (Wildman–Crippen MR) is 219 cm³/mol. The van der Waals surface area contributed by atoms with E-state index in [1.54, 1.807) is 6.20 Å². The molecule has 0 aliphatic carbocycles. The minimum Gasteiger partial charge on any atom is -0.414 e. The first-order valence-electron chi connectivity index (χ1n) is 18.8. The lowest BCUT2D eigenvalue weighted by molar-refractivity contribution is -0.0509. The maximum absolute atomic E-state index is 13.8. The molecule has 2 saturated heterocycles. The van der Waals surface area contributed by atoms with Crippen LogP contribution in [-0.2, 0) is 27.3 Å². The van der Waals surface area contributed by atoms with Crippen molar-refractivity contribution in [3.8, 4) is 11.1 Å². The van der Waals surface area contributed by atoms with Gasteiger partial charge in [-0.1, -0.05) is 100 Å². The number of hydrogen-bond acceptors (Lipinski definition) is 8. The molecule has 2 aliphatic rings. The molecule has 0 amide bonds. The van der Waals surface area contributed by atoms with E-state index in [2.05, 4.69) is 120 Å². The molecule has 14 heteroatoms. The van der Waals surface area contributed by atoms with Gasteiger partial charge >= 0.3 is 12.8 Å². The minimum absolute atomic E-state index is 0.00996. The van der Waals surface area contributed by atoms with E-state index in [9.17, 15) is 9.59 Å². The van der Waals surface area contributed by atoms with Crippen LogP contribution < -0.4 is 16.7 Å². The molecule has 0 saturated carbocycles. The molecule has 1 aromatic heterocycles. The van der Waals surface area contributed by atoms with Gasteiger partial charge in [-0.05, 0) is 65.4 Å². The standard InChI is InChI=1S/C38H67BN2O8Si3/c1-35(2,3)50(12,13)46-23-29-30(48-51(14,15)36(4,5)6)31(49-52(16,17)37(7,8)9)33(47-29)41-22-28(32(42)40-34(41)43)26-18-20-27(21-19-26)39-44-24-38(10,11)25-45-39/h18-22,29-31,33H,23-25H2,1-17H3,(H,40,42,43)/t29-,30-,31-,33-/m1/s1. The van der Waals surface area contributed by atoms with Gasteiger partial charge in [-0.3, -0.25) is 14.3 Å². The number of H-pyrrole nitrogens is 1. The van der Waals surface area contributed by atoms with Crippen molar-refractivity contribution < 1.29 is 27.3 Å². The van der Waals surface area contributed by atoms with Gasteiger partial charge < -0.3 is 27.3 Å². The largest absolute Gasteiger partial charge is 0.493 e. The van der Waals surface area contributed by atoms with Crippen LogP contribution in [0.1, 0.15) is 82.4 Å². The second-order valence-corrected chi connectivity index (χ2v) is 34.6. The Balaban J connectivity index is 1.81. The molecule has 2 aromatic rings. The van der Waals surface area contributed by atoms with Crippen LogP contribution >= 0.6 is 0 Å². The van der Waals surface area contributed by atoms with Crippen molar-refractivity contribution in [2.45, 2.75) is 155 Å².